The minimum atomic E-state index is -0.598. The van der Waals surface area contributed by atoms with Gasteiger partial charge in [-0.25, -0.2) is 0 Å². The number of rotatable bonds is 3. The summed E-state index contributed by atoms with van der Waals surface area (Å²) in [5, 5.41) is 2.24. The molecular weight excluding hydrogens is 170 g/mol. The van der Waals surface area contributed by atoms with E-state index in [1.807, 2.05) is 0 Å². The lowest BCUT2D eigenvalue weighted by Gasteiger charge is -2.03. The molecule has 5 nitrogen and oxygen atoms in total. The fourth-order valence-corrected chi connectivity index (χ4v) is 0.335. The van der Waals surface area contributed by atoms with Gasteiger partial charge in [-0.1, -0.05) is 0 Å². The summed E-state index contributed by atoms with van der Waals surface area (Å²) in [6, 6.07) is -0.598. The number of hydrogen-bond acceptors (Lipinski definition) is 3. The van der Waals surface area contributed by atoms with Gasteiger partial charge in [-0.3, -0.25) is 9.59 Å². The van der Waals surface area contributed by atoms with Crippen LogP contribution in [0.4, 0.5) is 0 Å². The van der Waals surface area contributed by atoms with E-state index in [4.69, 9.17) is 11.5 Å². The molecule has 5 N–H and O–H groups in total. The van der Waals surface area contributed by atoms with E-state index in [0.29, 0.717) is 0 Å². The molecule has 0 aromatic carbocycles. The zero-order valence-corrected chi connectivity index (χ0v) is 6.98. The Morgan fingerprint density at radius 1 is 1.55 bits per heavy atom. The van der Waals surface area contributed by atoms with E-state index >= 15 is 0 Å². The Morgan fingerprint density at radius 3 is 2.27 bits per heavy atom. The van der Waals surface area contributed by atoms with Crippen LogP contribution in [0.3, 0.4) is 0 Å². The van der Waals surface area contributed by atoms with E-state index in [1.54, 1.807) is 0 Å². The normalized spacial score (nSPS) is 11.1. The minimum absolute atomic E-state index is 0. The van der Waals surface area contributed by atoms with Gasteiger partial charge in [0.15, 0.2) is 0 Å². The van der Waals surface area contributed by atoms with Crippen molar-refractivity contribution in [2.24, 2.45) is 11.5 Å². The SMILES string of the molecule is C[C@@H](N)C(=O)NCC(N)=O.Cl. The molecule has 0 aliphatic rings. The number of carbonyl (C=O) groups is 2. The highest BCUT2D eigenvalue weighted by Gasteiger charge is 2.06. The van der Waals surface area contributed by atoms with Crippen LogP contribution in [0.5, 0.6) is 0 Å². The van der Waals surface area contributed by atoms with E-state index < -0.39 is 11.9 Å². The summed E-state index contributed by atoms with van der Waals surface area (Å²) in [4.78, 5) is 20.7. The molecule has 0 fully saturated rings. The molecule has 66 valence electrons. The number of primary amides is 1. The Kier molecular flexibility index (Phi) is 6.92. The first-order chi connectivity index (χ1) is 4.54. The Balaban J connectivity index is 0. The monoisotopic (exact) mass is 181 g/mol. The first-order valence-corrected chi connectivity index (χ1v) is 2.85. The summed E-state index contributed by atoms with van der Waals surface area (Å²) >= 11 is 0. The molecule has 0 saturated carbocycles. The molecule has 0 radical (unpaired) electrons. The Labute approximate surface area is 70.9 Å². The van der Waals surface area contributed by atoms with Gasteiger partial charge < -0.3 is 16.8 Å². The first-order valence-electron chi connectivity index (χ1n) is 2.85. The second-order valence-corrected chi connectivity index (χ2v) is 1.97. The van der Waals surface area contributed by atoms with Crippen molar-refractivity contribution in [2.45, 2.75) is 13.0 Å². The fraction of sp³-hybridized carbons (Fsp3) is 0.600. The number of nitrogens with two attached hydrogens (primary N) is 2. The molecule has 0 heterocycles. The average molecular weight is 182 g/mol. The standard InChI is InChI=1S/C5H11N3O2.ClH/c1-3(6)5(10)8-2-4(7)9;/h3H,2,6H2,1H3,(H2,7,9)(H,8,10);1H/t3-;/m1./s1. The fourth-order valence-electron chi connectivity index (χ4n) is 0.335. The maximum Gasteiger partial charge on any atom is 0.237 e. The first kappa shape index (κ1) is 12.8. The van der Waals surface area contributed by atoms with Crippen molar-refractivity contribution in [1.29, 1.82) is 0 Å². The lowest BCUT2D eigenvalue weighted by molar-refractivity contribution is -0.125. The zero-order valence-electron chi connectivity index (χ0n) is 6.16. The molecular formula is C5H12ClN3O2. The maximum atomic E-state index is 10.6. The predicted octanol–water partition coefficient (Wildman–Crippen LogP) is -1.64. The van der Waals surface area contributed by atoms with E-state index in [0.717, 1.165) is 0 Å². The van der Waals surface area contributed by atoms with Crippen molar-refractivity contribution in [3.05, 3.63) is 0 Å². The quantitative estimate of drug-likeness (QED) is 0.487. The molecule has 1 atom stereocenters. The molecule has 0 aromatic rings. The number of carbonyl (C=O) groups excluding carboxylic acids is 2. The van der Waals surface area contributed by atoms with E-state index in [1.165, 1.54) is 6.92 Å². The largest absolute Gasteiger partial charge is 0.368 e. The highest BCUT2D eigenvalue weighted by Crippen LogP contribution is 1.72. The van der Waals surface area contributed by atoms with Crippen molar-refractivity contribution in [2.75, 3.05) is 6.54 Å². The van der Waals surface area contributed by atoms with Gasteiger partial charge in [0.05, 0.1) is 12.6 Å². The van der Waals surface area contributed by atoms with Crippen molar-refractivity contribution in [3.8, 4) is 0 Å². The minimum Gasteiger partial charge on any atom is -0.368 e. The molecule has 0 spiro atoms. The van der Waals surface area contributed by atoms with Gasteiger partial charge in [0.2, 0.25) is 11.8 Å². The van der Waals surface area contributed by atoms with Crippen molar-refractivity contribution in [3.63, 3.8) is 0 Å². The van der Waals surface area contributed by atoms with Crippen LogP contribution < -0.4 is 16.8 Å². The van der Waals surface area contributed by atoms with Crippen LogP contribution in [0.2, 0.25) is 0 Å². The smallest absolute Gasteiger partial charge is 0.237 e. The van der Waals surface area contributed by atoms with Gasteiger partial charge in [0.25, 0.3) is 0 Å². The highest BCUT2D eigenvalue weighted by molar-refractivity contribution is 5.86. The number of hydrogen-bond donors (Lipinski definition) is 3. The zero-order chi connectivity index (χ0) is 8.15. The maximum absolute atomic E-state index is 10.6. The lowest BCUT2D eigenvalue weighted by Crippen LogP contribution is -2.42. The number of amides is 2. The van der Waals surface area contributed by atoms with Crippen LogP contribution in [0.1, 0.15) is 6.92 Å². The van der Waals surface area contributed by atoms with Crippen LogP contribution >= 0.6 is 12.4 Å². The third-order valence-corrected chi connectivity index (χ3v) is 0.850. The van der Waals surface area contributed by atoms with Crippen LogP contribution in [0.15, 0.2) is 0 Å². The number of nitrogens with one attached hydrogen (secondary N) is 1. The summed E-state index contributed by atoms with van der Waals surface area (Å²) in [6.45, 7) is 1.37. The molecule has 0 rings (SSSR count). The Hall–Kier alpha value is -0.810. The van der Waals surface area contributed by atoms with Crippen molar-refractivity contribution >= 4 is 24.2 Å². The highest BCUT2D eigenvalue weighted by atomic mass is 35.5. The molecule has 6 heteroatoms. The molecule has 0 aliphatic heterocycles. The lowest BCUT2D eigenvalue weighted by atomic mass is 10.3. The Bertz CT molecular complexity index is 149. The van der Waals surface area contributed by atoms with Crippen LogP contribution in [0.25, 0.3) is 0 Å². The molecule has 11 heavy (non-hydrogen) atoms. The summed E-state index contributed by atoms with van der Waals surface area (Å²) in [6.07, 6.45) is 0. The number of halogens is 1. The van der Waals surface area contributed by atoms with Gasteiger partial charge in [-0.05, 0) is 6.92 Å². The second kappa shape index (κ2) is 5.94. The van der Waals surface area contributed by atoms with E-state index in [9.17, 15) is 9.59 Å². The second-order valence-electron chi connectivity index (χ2n) is 1.97. The van der Waals surface area contributed by atoms with Gasteiger partial charge >= 0.3 is 0 Å². The topological polar surface area (TPSA) is 98.2 Å². The average Bonchev–Trinajstić information content (AvgIpc) is 1.82. The molecule has 0 aliphatic carbocycles. The predicted molar refractivity (Wildman–Crippen MR) is 43.1 cm³/mol. The molecule has 2 amide bonds. The van der Waals surface area contributed by atoms with Crippen molar-refractivity contribution in [1.82, 2.24) is 5.32 Å². The Morgan fingerprint density at radius 2 is 2.00 bits per heavy atom. The van der Waals surface area contributed by atoms with Gasteiger partial charge in [-0.15, -0.1) is 12.4 Å². The third-order valence-electron chi connectivity index (χ3n) is 0.850. The van der Waals surface area contributed by atoms with Crippen LogP contribution in [0, 0.1) is 0 Å². The summed E-state index contributed by atoms with van der Waals surface area (Å²) in [5.74, 6) is -0.951. The van der Waals surface area contributed by atoms with Crippen LogP contribution in [-0.4, -0.2) is 24.4 Å². The summed E-state index contributed by atoms with van der Waals surface area (Å²) in [7, 11) is 0. The van der Waals surface area contributed by atoms with Gasteiger partial charge in [-0.2, -0.15) is 0 Å². The molecule has 0 aromatic heterocycles. The van der Waals surface area contributed by atoms with Crippen molar-refractivity contribution < 1.29 is 9.59 Å². The van der Waals surface area contributed by atoms with Gasteiger partial charge in [0.1, 0.15) is 0 Å². The van der Waals surface area contributed by atoms with E-state index in [-0.39, 0.29) is 24.9 Å². The molecule has 0 saturated heterocycles. The van der Waals surface area contributed by atoms with Gasteiger partial charge in [0, 0.05) is 0 Å². The molecule has 0 unspecified atom stereocenters. The van der Waals surface area contributed by atoms with E-state index in [2.05, 4.69) is 5.32 Å². The third kappa shape index (κ3) is 7.08. The van der Waals surface area contributed by atoms with Crippen LogP contribution in [-0.2, 0) is 9.59 Å². The summed E-state index contributed by atoms with van der Waals surface area (Å²) in [5.41, 5.74) is 9.90. The molecule has 0 bridgehead atoms. The summed E-state index contributed by atoms with van der Waals surface area (Å²) < 4.78 is 0.